The molecule has 0 saturated carbocycles. The first-order valence-corrected chi connectivity index (χ1v) is 7.16. The largest absolute Gasteiger partial charge is 0.320 e. The lowest BCUT2D eigenvalue weighted by molar-refractivity contribution is -0.121. The smallest absolute Gasteiger partial charge is 0.236 e. The average molecular weight is 280 g/mol. The van der Waals surface area contributed by atoms with E-state index >= 15 is 0 Å². The van der Waals surface area contributed by atoms with E-state index in [1.807, 2.05) is 63.4 Å². The summed E-state index contributed by atoms with van der Waals surface area (Å²) >= 11 is 0. The van der Waals surface area contributed by atoms with Gasteiger partial charge in [0.2, 0.25) is 5.91 Å². The van der Waals surface area contributed by atoms with Crippen LogP contribution < -0.4 is 10.6 Å². The van der Waals surface area contributed by atoms with Crippen molar-refractivity contribution < 1.29 is 4.79 Å². The molecule has 0 spiro atoms. The first-order valence-electron chi connectivity index (χ1n) is 7.16. The molecule has 108 valence electrons. The quantitative estimate of drug-likeness (QED) is 0.919. The molecule has 21 heavy (non-hydrogen) atoms. The number of rotatable bonds is 2. The van der Waals surface area contributed by atoms with E-state index in [9.17, 15) is 4.79 Å². The number of nitrogens with two attached hydrogens (primary N) is 1. The second-order valence-electron chi connectivity index (χ2n) is 6.15. The number of anilines is 1. The summed E-state index contributed by atoms with van der Waals surface area (Å²) in [5.41, 5.74) is 10.0. The van der Waals surface area contributed by atoms with Crippen molar-refractivity contribution in [1.29, 1.82) is 0 Å². The maximum Gasteiger partial charge on any atom is 0.236 e. The maximum absolute atomic E-state index is 12.3. The van der Waals surface area contributed by atoms with Gasteiger partial charge < -0.3 is 10.6 Å². The summed E-state index contributed by atoms with van der Waals surface area (Å²) in [6, 6.07) is 15.9. The molecule has 1 atom stereocenters. The second kappa shape index (κ2) is 4.71. The summed E-state index contributed by atoms with van der Waals surface area (Å²) in [5.74, 6) is 0.128. The zero-order valence-electron chi connectivity index (χ0n) is 12.6. The van der Waals surface area contributed by atoms with Gasteiger partial charge in [0.15, 0.2) is 0 Å². The predicted molar refractivity (Wildman–Crippen MR) is 85.4 cm³/mol. The van der Waals surface area contributed by atoms with Crippen molar-refractivity contribution in [3.05, 3.63) is 65.2 Å². The SMILES string of the molecule is CN1C(=O)C(C)(C)c2cc(C(N)c3ccccc3)ccc21. The van der Waals surface area contributed by atoms with Gasteiger partial charge in [-0.1, -0.05) is 42.5 Å². The van der Waals surface area contributed by atoms with Crippen molar-refractivity contribution in [2.24, 2.45) is 5.73 Å². The maximum atomic E-state index is 12.3. The van der Waals surface area contributed by atoms with Crippen LogP contribution in [0.25, 0.3) is 0 Å². The van der Waals surface area contributed by atoms with E-state index in [0.29, 0.717) is 0 Å². The van der Waals surface area contributed by atoms with E-state index in [0.717, 1.165) is 22.4 Å². The summed E-state index contributed by atoms with van der Waals surface area (Å²) in [4.78, 5) is 14.1. The van der Waals surface area contributed by atoms with E-state index in [4.69, 9.17) is 5.73 Å². The Balaban J connectivity index is 2.06. The highest BCUT2D eigenvalue weighted by Gasteiger charge is 2.42. The minimum absolute atomic E-state index is 0.128. The van der Waals surface area contributed by atoms with Crippen molar-refractivity contribution in [2.75, 3.05) is 11.9 Å². The van der Waals surface area contributed by atoms with Gasteiger partial charge in [-0.25, -0.2) is 0 Å². The summed E-state index contributed by atoms with van der Waals surface area (Å²) in [7, 11) is 1.83. The van der Waals surface area contributed by atoms with Crippen LogP contribution in [-0.2, 0) is 10.2 Å². The minimum Gasteiger partial charge on any atom is -0.320 e. The first-order chi connectivity index (χ1) is 9.93. The number of carbonyl (C=O) groups is 1. The molecule has 0 saturated heterocycles. The fourth-order valence-corrected chi connectivity index (χ4v) is 3.04. The van der Waals surface area contributed by atoms with Crippen LogP contribution in [0.1, 0.15) is 36.6 Å². The Morgan fingerprint density at radius 2 is 1.71 bits per heavy atom. The van der Waals surface area contributed by atoms with Crippen LogP contribution in [0.4, 0.5) is 5.69 Å². The van der Waals surface area contributed by atoms with Crippen LogP contribution in [0.2, 0.25) is 0 Å². The first kappa shape index (κ1) is 13.8. The van der Waals surface area contributed by atoms with E-state index in [1.54, 1.807) is 4.90 Å². The zero-order chi connectivity index (χ0) is 15.2. The van der Waals surface area contributed by atoms with Gasteiger partial charge >= 0.3 is 0 Å². The van der Waals surface area contributed by atoms with Crippen molar-refractivity contribution in [3.8, 4) is 0 Å². The molecule has 1 heterocycles. The van der Waals surface area contributed by atoms with Gasteiger partial charge in [0.05, 0.1) is 11.5 Å². The van der Waals surface area contributed by atoms with Gasteiger partial charge in [0.1, 0.15) is 0 Å². The molecule has 3 heteroatoms. The van der Waals surface area contributed by atoms with E-state index in [1.165, 1.54) is 0 Å². The normalized spacial score (nSPS) is 17.7. The van der Waals surface area contributed by atoms with Gasteiger partial charge in [-0.2, -0.15) is 0 Å². The number of carbonyl (C=O) groups excluding carboxylic acids is 1. The molecule has 0 fully saturated rings. The number of benzene rings is 2. The minimum atomic E-state index is -0.490. The van der Waals surface area contributed by atoms with Gasteiger partial charge in [0.25, 0.3) is 0 Å². The molecule has 0 radical (unpaired) electrons. The highest BCUT2D eigenvalue weighted by atomic mass is 16.2. The van der Waals surface area contributed by atoms with Crippen LogP contribution in [-0.4, -0.2) is 13.0 Å². The highest BCUT2D eigenvalue weighted by Crippen LogP contribution is 2.41. The van der Waals surface area contributed by atoms with Crippen molar-refractivity contribution >= 4 is 11.6 Å². The molecular formula is C18H20N2O. The number of hydrogen-bond donors (Lipinski definition) is 1. The molecule has 0 aliphatic carbocycles. The molecule has 3 nitrogen and oxygen atoms in total. The van der Waals surface area contributed by atoms with Crippen LogP contribution in [0.5, 0.6) is 0 Å². The third-order valence-corrected chi connectivity index (χ3v) is 4.41. The standard InChI is InChI=1S/C18H20N2O/c1-18(2)14-11-13(9-10-15(14)20(3)17(18)21)16(19)12-7-5-4-6-8-12/h4-11,16H,19H2,1-3H3. The zero-order valence-corrected chi connectivity index (χ0v) is 12.6. The Kier molecular flexibility index (Phi) is 3.10. The Morgan fingerprint density at radius 1 is 1.05 bits per heavy atom. The summed E-state index contributed by atoms with van der Waals surface area (Å²) in [6.07, 6.45) is 0. The van der Waals surface area contributed by atoms with E-state index in [-0.39, 0.29) is 11.9 Å². The van der Waals surface area contributed by atoms with Gasteiger partial charge in [-0.15, -0.1) is 0 Å². The third-order valence-electron chi connectivity index (χ3n) is 4.41. The number of amides is 1. The Labute approximate surface area is 125 Å². The van der Waals surface area contributed by atoms with Crippen LogP contribution in [0, 0.1) is 0 Å². The van der Waals surface area contributed by atoms with Crippen molar-refractivity contribution in [2.45, 2.75) is 25.3 Å². The summed E-state index contributed by atoms with van der Waals surface area (Å²) in [6.45, 7) is 3.94. The van der Waals surface area contributed by atoms with Gasteiger partial charge in [0, 0.05) is 12.7 Å². The molecule has 1 amide bonds. The molecule has 0 bridgehead atoms. The fraction of sp³-hybridized carbons (Fsp3) is 0.278. The molecule has 1 aliphatic rings. The number of likely N-dealkylation sites (N-methyl/N-ethyl adjacent to an activating group) is 1. The highest BCUT2D eigenvalue weighted by molar-refractivity contribution is 6.07. The predicted octanol–water partition coefficient (Wildman–Crippen LogP) is 2.99. The number of hydrogen-bond acceptors (Lipinski definition) is 2. The fourth-order valence-electron chi connectivity index (χ4n) is 3.04. The number of fused-ring (bicyclic) bond motifs is 1. The Bertz CT molecular complexity index is 692. The lowest BCUT2D eigenvalue weighted by Crippen LogP contribution is -2.33. The van der Waals surface area contributed by atoms with E-state index in [2.05, 4.69) is 6.07 Å². The average Bonchev–Trinajstić information content (AvgIpc) is 2.68. The van der Waals surface area contributed by atoms with Crippen molar-refractivity contribution in [1.82, 2.24) is 0 Å². The van der Waals surface area contributed by atoms with E-state index < -0.39 is 5.41 Å². The molecule has 2 N–H and O–H groups in total. The van der Waals surface area contributed by atoms with Crippen molar-refractivity contribution in [3.63, 3.8) is 0 Å². The van der Waals surface area contributed by atoms with Gasteiger partial charge in [-0.3, -0.25) is 4.79 Å². The molecular weight excluding hydrogens is 260 g/mol. The molecule has 1 aliphatic heterocycles. The topological polar surface area (TPSA) is 46.3 Å². The monoisotopic (exact) mass is 280 g/mol. The van der Waals surface area contributed by atoms with Gasteiger partial charge in [-0.05, 0) is 36.6 Å². The summed E-state index contributed by atoms with van der Waals surface area (Å²) in [5, 5.41) is 0. The Morgan fingerprint density at radius 3 is 2.38 bits per heavy atom. The lowest BCUT2D eigenvalue weighted by Gasteiger charge is -2.18. The molecule has 2 aromatic carbocycles. The lowest BCUT2D eigenvalue weighted by atomic mass is 9.84. The molecule has 3 rings (SSSR count). The molecule has 0 aromatic heterocycles. The molecule has 2 aromatic rings. The van der Waals surface area contributed by atoms with Crippen LogP contribution >= 0.6 is 0 Å². The summed E-state index contributed by atoms with van der Waals surface area (Å²) < 4.78 is 0. The molecule has 1 unspecified atom stereocenters. The second-order valence-corrected chi connectivity index (χ2v) is 6.15. The third kappa shape index (κ3) is 2.05. The number of nitrogens with zero attached hydrogens (tertiary/aromatic N) is 1. The van der Waals surface area contributed by atoms with Crippen LogP contribution in [0.3, 0.4) is 0 Å². The Hall–Kier alpha value is -2.13. The van der Waals surface area contributed by atoms with Crippen LogP contribution in [0.15, 0.2) is 48.5 Å².